The van der Waals surface area contributed by atoms with E-state index in [1.54, 1.807) is 12.4 Å². The summed E-state index contributed by atoms with van der Waals surface area (Å²) < 4.78 is 4.15. The normalized spacial score (nSPS) is 14.0. The van der Waals surface area contributed by atoms with Gasteiger partial charge in [0.2, 0.25) is 5.91 Å². The monoisotopic (exact) mass is 287 g/mol. The summed E-state index contributed by atoms with van der Waals surface area (Å²) in [5.41, 5.74) is 0. The van der Waals surface area contributed by atoms with Crippen molar-refractivity contribution in [2.75, 3.05) is 5.32 Å². The standard InChI is InChI=1S/C15H21N5O/c1-2-12-16-7-10-19(12)9-6-15(21)18-14-11-17-13-5-3-4-8-20(13)14/h7,10-11H,2-6,8-9H2,1H3,(H,18,21). The highest BCUT2D eigenvalue weighted by Crippen LogP contribution is 2.19. The van der Waals surface area contributed by atoms with E-state index in [4.69, 9.17) is 0 Å². The van der Waals surface area contributed by atoms with Crippen molar-refractivity contribution in [3.8, 4) is 0 Å². The number of aryl methyl sites for hydroxylation is 3. The summed E-state index contributed by atoms with van der Waals surface area (Å²) in [6.45, 7) is 3.68. The van der Waals surface area contributed by atoms with Crippen molar-refractivity contribution in [3.63, 3.8) is 0 Å². The number of fused-ring (bicyclic) bond motifs is 1. The lowest BCUT2D eigenvalue weighted by atomic mass is 10.2. The molecule has 1 N–H and O–H groups in total. The van der Waals surface area contributed by atoms with E-state index in [0.29, 0.717) is 13.0 Å². The predicted octanol–water partition coefficient (Wildman–Crippen LogP) is 2.01. The van der Waals surface area contributed by atoms with Gasteiger partial charge >= 0.3 is 0 Å². The fraction of sp³-hybridized carbons (Fsp3) is 0.533. The maximum Gasteiger partial charge on any atom is 0.227 e. The molecule has 0 radical (unpaired) electrons. The van der Waals surface area contributed by atoms with Crippen LogP contribution in [0, 0.1) is 0 Å². The summed E-state index contributed by atoms with van der Waals surface area (Å²) >= 11 is 0. The molecule has 3 heterocycles. The number of aromatic nitrogens is 4. The van der Waals surface area contributed by atoms with E-state index in [0.717, 1.165) is 43.3 Å². The second-order valence-corrected chi connectivity index (χ2v) is 5.36. The molecule has 1 aliphatic heterocycles. The topological polar surface area (TPSA) is 64.7 Å². The van der Waals surface area contributed by atoms with Crippen molar-refractivity contribution in [2.24, 2.45) is 0 Å². The van der Waals surface area contributed by atoms with Gasteiger partial charge in [-0.05, 0) is 12.8 Å². The van der Waals surface area contributed by atoms with Crippen LogP contribution in [0.15, 0.2) is 18.6 Å². The van der Waals surface area contributed by atoms with Crippen molar-refractivity contribution in [1.29, 1.82) is 0 Å². The molecule has 0 unspecified atom stereocenters. The fourth-order valence-corrected chi connectivity index (χ4v) is 2.80. The molecular formula is C15H21N5O. The minimum Gasteiger partial charge on any atom is -0.334 e. The summed E-state index contributed by atoms with van der Waals surface area (Å²) in [5, 5.41) is 2.98. The highest BCUT2D eigenvalue weighted by molar-refractivity contribution is 5.89. The van der Waals surface area contributed by atoms with Gasteiger partial charge in [-0.15, -0.1) is 0 Å². The number of carbonyl (C=O) groups excluding carboxylic acids is 1. The van der Waals surface area contributed by atoms with Crippen molar-refractivity contribution in [1.82, 2.24) is 19.1 Å². The van der Waals surface area contributed by atoms with E-state index in [-0.39, 0.29) is 5.91 Å². The Morgan fingerprint density at radius 3 is 3.14 bits per heavy atom. The largest absolute Gasteiger partial charge is 0.334 e. The lowest BCUT2D eigenvalue weighted by Crippen LogP contribution is -2.19. The summed E-state index contributed by atoms with van der Waals surface area (Å²) in [4.78, 5) is 20.7. The number of hydrogen-bond donors (Lipinski definition) is 1. The molecule has 0 aliphatic carbocycles. The van der Waals surface area contributed by atoms with Gasteiger partial charge in [0, 0.05) is 44.7 Å². The number of amides is 1. The Morgan fingerprint density at radius 1 is 1.38 bits per heavy atom. The molecule has 2 aromatic heterocycles. The third-order valence-electron chi connectivity index (χ3n) is 3.94. The first kappa shape index (κ1) is 13.9. The molecular weight excluding hydrogens is 266 g/mol. The number of nitrogens with zero attached hydrogens (tertiary/aromatic N) is 4. The first-order valence-electron chi connectivity index (χ1n) is 7.62. The Hall–Kier alpha value is -2.11. The molecule has 0 aromatic carbocycles. The van der Waals surface area contributed by atoms with Crippen LogP contribution in [0.5, 0.6) is 0 Å². The van der Waals surface area contributed by atoms with Gasteiger partial charge in [-0.2, -0.15) is 0 Å². The van der Waals surface area contributed by atoms with Crippen molar-refractivity contribution >= 4 is 11.7 Å². The van der Waals surface area contributed by atoms with E-state index in [1.165, 1.54) is 6.42 Å². The summed E-state index contributed by atoms with van der Waals surface area (Å²) in [6.07, 6.45) is 10.1. The molecule has 6 nitrogen and oxygen atoms in total. The van der Waals surface area contributed by atoms with Crippen LogP contribution in [0.1, 0.15) is 37.8 Å². The van der Waals surface area contributed by atoms with E-state index in [2.05, 4.69) is 26.8 Å². The highest BCUT2D eigenvalue weighted by Gasteiger charge is 2.15. The van der Waals surface area contributed by atoms with Gasteiger partial charge in [-0.3, -0.25) is 4.79 Å². The van der Waals surface area contributed by atoms with Crippen molar-refractivity contribution in [2.45, 2.75) is 52.1 Å². The molecule has 1 aliphatic rings. The number of hydrogen-bond acceptors (Lipinski definition) is 3. The predicted molar refractivity (Wildman–Crippen MR) is 80.0 cm³/mol. The lowest BCUT2D eigenvalue weighted by molar-refractivity contribution is -0.116. The van der Waals surface area contributed by atoms with Gasteiger partial charge in [0.25, 0.3) is 0 Å². The molecule has 0 saturated heterocycles. The quantitative estimate of drug-likeness (QED) is 0.915. The van der Waals surface area contributed by atoms with Crippen LogP contribution in [-0.4, -0.2) is 25.0 Å². The smallest absolute Gasteiger partial charge is 0.227 e. The molecule has 2 aromatic rings. The van der Waals surface area contributed by atoms with E-state index < -0.39 is 0 Å². The van der Waals surface area contributed by atoms with Crippen LogP contribution in [0.4, 0.5) is 5.82 Å². The minimum atomic E-state index is 0.0269. The highest BCUT2D eigenvalue weighted by atomic mass is 16.1. The molecule has 21 heavy (non-hydrogen) atoms. The van der Waals surface area contributed by atoms with E-state index >= 15 is 0 Å². The average molecular weight is 287 g/mol. The van der Waals surface area contributed by atoms with Gasteiger partial charge in [0.1, 0.15) is 17.5 Å². The molecule has 0 fully saturated rings. The zero-order valence-corrected chi connectivity index (χ0v) is 12.4. The number of carbonyl (C=O) groups is 1. The molecule has 112 valence electrons. The van der Waals surface area contributed by atoms with Crippen LogP contribution >= 0.6 is 0 Å². The second kappa shape index (κ2) is 6.11. The molecule has 0 spiro atoms. The first-order chi connectivity index (χ1) is 10.3. The van der Waals surface area contributed by atoms with Gasteiger partial charge in [-0.25, -0.2) is 9.97 Å². The van der Waals surface area contributed by atoms with Gasteiger partial charge < -0.3 is 14.5 Å². The van der Waals surface area contributed by atoms with Gasteiger partial charge in [0.15, 0.2) is 0 Å². The number of imidazole rings is 2. The second-order valence-electron chi connectivity index (χ2n) is 5.36. The zero-order chi connectivity index (χ0) is 14.7. The first-order valence-corrected chi connectivity index (χ1v) is 7.62. The fourth-order valence-electron chi connectivity index (χ4n) is 2.80. The third kappa shape index (κ3) is 2.99. The number of anilines is 1. The molecule has 0 saturated carbocycles. The summed E-state index contributed by atoms with van der Waals surface area (Å²) in [7, 11) is 0. The SMILES string of the molecule is CCc1nccn1CCC(=O)Nc1cnc2n1CCCC2. The molecule has 0 atom stereocenters. The van der Waals surface area contributed by atoms with Gasteiger partial charge in [0.05, 0.1) is 6.20 Å². The number of nitrogens with one attached hydrogen (secondary N) is 1. The Bertz CT molecular complexity index is 628. The number of rotatable bonds is 5. The average Bonchev–Trinajstić information content (AvgIpc) is 3.12. The Morgan fingerprint density at radius 2 is 2.29 bits per heavy atom. The van der Waals surface area contributed by atoms with Crippen LogP contribution in [0.25, 0.3) is 0 Å². The molecule has 1 amide bonds. The molecule has 0 bridgehead atoms. The molecule has 6 heteroatoms. The van der Waals surface area contributed by atoms with Crippen LogP contribution in [0.2, 0.25) is 0 Å². The maximum atomic E-state index is 12.1. The summed E-state index contributed by atoms with van der Waals surface area (Å²) in [6, 6.07) is 0. The van der Waals surface area contributed by atoms with E-state index in [1.807, 2.05) is 10.8 Å². The minimum absolute atomic E-state index is 0.0269. The van der Waals surface area contributed by atoms with Gasteiger partial charge in [-0.1, -0.05) is 6.92 Å². The van der Waals surface area contributed by atoms with E-state index in [9.17, 15) is 4.79 Å². The Kier molecular flexibility index (Phi) is 4.03. The van der Waals surface area contributed by atoms with Crippen LogP contribution in [0.3, 0.4) is 0 Å². The van der Waals surface area contributed by atoms with Crippen LogP contribution in [-0.2, 0) is 30.7 Å². The maximum absolute atomic E-state index is 12.1. The Balaban J connectivity index is 1.58. The molecule has 3 rings (SSSR count). The van der Waals surface area contributed by atoms with Crippen LogP contribution < -0.4 is 5.32 Å². The zero-order valence-electron chi connectivity index (χ0n) is 12.4. The Labute approximate surface area is 124 Å². The third-order valence-corrected chi connectivity index (χ3v) is 3.94. The summed E-state index contributed by atoms with van der Waals surface area (Å²) in [5.74, 6) is 2.96. The van der Waals surface area contributed by atoms with Crippen molar-refractivity contribution < 1.29 is 4.79 Å². The lowest BCUT2D eigenvalue weighted by Gasteiger charge is -2.16. The van der Waals surface area contributed by atoms with Crippen molar-refractivity contribution in [3.05, 3.63) is 30.2 Å².